The number of anilines is 1. The van der Waals surface area contributed by atoms with Crippen molar-refractivity contribution in [2.45, 2.75) is 19.8 Å². The Bertz CT molecular complexity index is 1060. The third-order valence-electron chi connectivity index (χ3n) is 5.45. The molecule has 0 atom stereocenters. The number of nitrogens with zero attached hydrogens (tertiary/aromatic N) is 7. The topological polar surface area (TPSA) is 82.7 Å². The fraction of sp³-hybridized carbons (Fsp3) is 0.333. The number of aromatic nitrogens is 4. The molecule has 29 heavy (non-hydrogen) atoms. The molecule has 1 saturated heterocycles. The molecule has 0 spiro atoms. The smallest absolute Gasteiger partial charge is 0.133 e. The molecular weight excluding hydrogens is 366 g/mol. The quantitative estimate of drug-likeness (QED) is 0.863. The van der Waals surface area contributed by atoms with Crippen molar-refractivity contribution in [2.75, 3.05) is 31.1 Å². The maximum absolute atomic E-state index is 9.30. The highest BCUT2D eigenvalue weighted by atomic mass is 16.3. The number of hydrogen-bond acceptors (Lipinski definition) is 7. The first kappa shape index (κ1) is 17.8. The van der Waals surface area contributed by atoms with Gasteiger partial charge < -0.3 is 14.9 Å². The van der Waals surface area contributed by atoms with Gasteiger partial charge in [0, 0.05) is 30.5 Å². The Morgan fingerprint density at radius 2 is 2.07 bits per heavy atom. The fourth-order valence-corrected chi connectivity index (χ4v) is 3.88. The number of aliphatic hydroxyl groups excluding tert-OH is 1. The van der Waals surface area contributed by atoms with Crippen molar-refractivity contribution in [3.8, 4) is 11.3 Å². The van der Waals surface area contributed by atoms with Crippen LogP contribution in [0.2, 0.25) is 0 Å². The fourth-order valence-electron chi connectivity index (χ4n) is 3.88. The van der Waals surface area contributed by atoms with Gasteiger partial charge in [-0.25, -0.2) is 9.67 Å². The molecule has 3 aliphatic rings. The van der Waals surface area contributed by atoms with Crippen LogP contribution >= 0.6 is 0 Å². The first-order valence-electron chi connectivity index (χ1n) is 9.89. The van der Waals surface area contributed by atoms with E-state index in [1.54, 1.807) is 4.68 Å². The first-order chi connectivity index (χ1) is 14.2. The zero-order valence-electron chi connectivity index (χ0n) is 16.4. The van der Waals surface area contributed by atoms with Crippen molar-refractivity contribution in [1.82, 2.24) is 24.9 Å². The Morgan fingerprint density at radius 3 is 2.90 bits per heavy atom. The van der Waals surface area contributed by atoms with Crippen LogP contribution in [0, 0.1) is 6.92 Å². The van der Waals surface area contributed by atoms with E-state index >= 15 is 0 Å². The minimum Gasteiger partial charge on any atom is -0.392 e. The lowest BCUT2D eigenvalue weighted by molar-refractivity contribution is 0.332. The van der Waals surface area contributed by atoms with E-state index in [2.05, 4.69) is 31.3 Å². The van der Waals surface area contributed by atoms with Gasteiger partial charge in [0.25, 0.3) is 0 Å². The van der Waals surface area contributed by atoms with Gasteiger partial charge in [0.05, 0.1) is 43.1 Å². The number of pyridine rings is 1. The minimum atomic E-state index is 0.0235. The molecule has 0 saturated carbocycles. The summed E-state index contributed by atoms with van der Waals surface area (Å²) in [7, 11) is 0. The SMILES string of the molecule is Cc1ncc(N2CCCC2)cc1-c1cn(C=C2CN3C=C(CO)C=CC3=N2)nn1. The molecule has 0 radical (unpaired) electrons. The molecule has 0 unspecified atom stereocenters. The van der Waals surface area contributed by atoms with Gasteiger partial charge in [-0.1, -0.05) is 11.3 Å². The summed E-state index contributed by atoms with van der Waals surface area (Å²) < 4.78 is 1.70. The molecule has 1 N–H and O–H groups in total. The van der Waals surface area contributed by atoms with Crippen LogP contribution in [0.4, 0.5) is 5.69 Å². The van der Waals surface area contributed by atoms with Crippen LogP contribution in [0.3, 0.4) is 0 Å². The van der Waals surface area contributed by atoms with E-state index in [9.17, 15) is 5.11 Å². The van der Waals surface area contributed by atoms with Gasteiger partial charge in [0.2, 0.25) is 0 Å². The Kier molecular flexibility index (Phi) is 4.48. The van der Waals surface area contributed by atoms with Crippen molar-refractivity contribution >= 4 is 17.7 Å². The lowest BCUT2D eigenvalue weighted by Crippen LogP contribution is -2.23. The average molecular weight is 389 g/mol. The van der Waals surface area contributed by atoms with E-state index in [4.69, 9.17) is 0 Å². The van der Waals surface area contributed by atoms with Gasteiger partial charge in [-0.3, -0.25) is 4.98 Å². The highest BCUT2D eigenvalue weighted by molar-refractivity contribution is 5.98. The largest absolute Gasteiger partial charge is 0.392 e. The summed E-state index contributed by atoms with van der Waals surface area (Å²) >= 11 is 0. The number of aliphatic hydroxyl groups is 1. The number of aliphatic imine (C=N–C) groups is 1. The summed E-state index contributed by atoms with van der Waals surface area (Å²) in [5.41, 5.74) is 5.66. The molecule has 0 aliphatic carbocycles. The van der Waals surface area contributed by atoms with Crippen molar-refractivity contribution in [3.63, 3.8) is 0 Å². The van der Waals surface area contributed by atoms with E-state index in [1.807, 2.05) is 48.8 Å². The molecule has 0 amide bonds. The monoisotopic (exact) mass is 389 g/mol. The van der Waals surface area contributed by atoms with Gasteiger partial charge in [-0.05, 0) is 37.5 Å². The second kappa shape index (κ2) is 7.29. The maximum atomic E-state index is 9.30. The van der Waals surface area contributed by atoms with Crippen LogP contribution in [0.5, 0.6) is 0 Å². The second-order valence-corrected chi connectivity index (χ2v) is 7.52. The van der Waals surface area contributed by atoms with Crippen molar-refractivity contribution in [3.05, 3.63) is 53.8 Å². The summed E-state index contributed by atoms with van der Waals surface area (Å²) in [5, 5.41) is 17.9. The Morgan fingerprint density at radius 1 is 1.21 bits per heavy atom. The van der Waals surface area contributed by atoms with Crippen LogP contribution in [-0.2, 0) is 0 Å². The summed E-state index contributed by atoms with van der Waals surface area (Å²) in [5.74, 6) is 0.868. The third kappa shape index (κ3) is 3.47. The molecule has 0 aromatic carbocycles. The molecule has 148 valence electrons. The first-order valence-corrected chi connectivity index (χ1v) is 9.89. The van der Waals surface area contributed by atoms with Gasteiger partial charge in [-0.2, -0.15) is 0 Å². The molecule has 2 aromatic rings. The third-order valence-corrected chi connectivity index (χ3v) is 5.45. The zero-order chi connectivity index (χ0) is 19.8. The zero-order valence-corrected chi connectivity index (χ0v) is 16.4. The molecule has 0 bridgehead atoms. The van der Waals surface area contributed by atoms with Gasteiger partial charge in [-0.15, -0.1) is 5.10 Å². The second-order valence-electron chi connectivity index (χ2n) is 7.52. The summed E-state index contributed by atoms with van der Waals surface area (Å²) in [6.07, 6.45) is 13.9. The number of fused-ring (bicyclic) bond motifs is 1. The van der Waals surface area contributed by atoms with Crippen LogP contribution < -0.4 is 4.90 Å². The molecule has 3 aliphatic heterocycles. The van der Waals surface area contributed by atoms with E-state index in [0.29, 0.717) is 6.54 Å². The predicted molar refractivity (Wildman–Crippen MR) is 112 cm³/mol. The van der Waals surface area contributed by atoms with Crippen molar-refractivity contribution < 1.29 is 5.11 Å². The molecule has 5 rings (SSSR count). The number of aryl methyl sites for hydroxylation is 1. The van der Waals surface area contributed by atoms with Crippen LogP contribution in [0.15, 0.2) is 53.1 Å². The predicted octanol–water partition coefficient (Wildman–Crippen LogP) is 2.21. The summed E-state index contributed by atoms with van der Waals surface area (Å²) in [6, 6.07) is 2.16. The molecule has 2 aromatic heterocycles. The maximum Gasteiger partial charge on any atom is 0.133 e. The van der Waals surface area contributed by atoms with Crippen LogP contribution in [-0.4, -0.2) is 62.1 Å². The number of hydrogen-bond donors (Lipinski definition) is 1. The lowest BCUT2D eigenvalue weighted by Gasteiger charge is -2.18. The highest BCUT2D eigenvalue weighted by Gasteiger charge is 2.20. The molecule has 8 nitrogen and oxygen atoms in total. The normalized spacial score (nSPS) is 19.7. The van der Waals surface area contributed by atoms with E-state index in [0.717, 1.165) is 52.8 Å². The van der Waals surface area contributed by atoms with Crippen LogP contribution in [0.1, 0.15) is 18.5 Å². The summed E-state index contributed by atoms with van der Waals surface area (Å²) in [6.45, 7) is 4.83. The Labute approximate surface area is 169 Å². The number of amidine groups is 1. The van der Waals surface area contributed by atoms with Crippen molar-refractivity contribution in [2.24, 2.45) is 4.99 Å². The Hall–Kier alpha value is -3.26. The van der Waals surface area contributed by atoms with Crippen molar-refractivity contribution in [1.29, 1.82) is 0 Å². The van der Waals surface area contributed by atoms with E-state index in [-0.39, 0.29) is 6.61 Å². The molecular formula is C21H23N7O. The van der Waals surface area contributed by atoms with E-state index in [1.165, 1.54) is 12.8 Å². The summed E-state index contributed by atoms with van der Waals surface area (Å²) in [4.78, 5) is 13.6. The highest BCUT2D eigenvalue weighted by Crippen LogP contribution is 2.27. The molecule has 5 heterocycles. The van der Waals surface area contributed by atoms with E-state index < -0.39 is 0 Å². The lowest BCUT2D eigenvalue weighted by atomic mass is 10.1. The van der Waals surface area contributed by atoms with Gasteiger partial charge >= 0.3 is 0 Å². The Balaban J connectivity index is 1.39. The standard InChI is InChI=1S/C21H23N7O/c1-15-19(8-18(9-22-15)26-6-2-3-7-26)20-13-28(25-24-20)12-17-11-27-10-16(14-29)4-5-21(27)23-17/h4-5,8-10,12-13,29H,2-3,6-7,11,14H2,1H3. The van der Waals surface area contributed by atoms with Crippen LogP contribution in [0.25, 0.3) is 17.5 Å². The minimum absolute atomic E-state index is 0.0235. The molecule has 1 fully saturated rings. The molecule has 8 heteroatoms. The average Bonchev–Trinajstić information content (AvgIpc) is 3.48. The van der Waals surface area contributed by atoms with Gasteiger partial charge in [0.15, 0.2) is 0 Å². The van der Waals surface area contributed by atoms with Gasteiger partial charge in [0.1, 0.15) is 11.5 Å². The number of rotatable bonds is 4.